The molecule has 2 N–H and O–H groups in total. The van der Waals surface area contributed by atoms with Gasteiger partial charge in [-0.25, -0.2) is 9.37 Å². The highest BCUT2D eigenvalue weighted by molar-refractivity contribution is 6.11. The summed E-state index contributed by atoms with van der Waals surface area (Å²) in [6.45, 7) is 0.0856. The normalized spacial score (nSPS) is 20.7. The lowest BCUT2D eigenvalue weighted by Crippen LogP contribution is -2.45. The van der Waals surface area contributed by atoms with Crippen molar-refractivity contribution in [2.24, 2.45) is 0 Å². The molecule has 3 amide bonds. The molecule has 8 nitrogen and oxygen atoms in total. The Kier molecular flexibility index (Phi) is 6.00. The number of fused-ring (bicyclic) bond motifs is 1. The van der Waals surface area contributed by atoms with E-state index in [1.54, 1.807) is 37.4 Å². The summed E-state index contributed by atoms with van der Waals surface area (Å²) in [7, 11) is 1.55. The SMILES string of the molecule is COc1ccc(C2(CC(=O)NCc3nc4ccc(F)cc4[nH]3)CC(=O)N(C3CCCC3)C2=O)cc1. The highest BCUT2D eigenvalue weighted by Crippen LogP contribution is 2.43. The number of amides is 3. The van der Waals surface area contributed by atoms with E-state index in [9.17, 15) is 18.8 Å². The molecular weight excluding hydrogens is 451 g/mol. The summed E-state index contributed by atoms with van der Waals surface area (Å²) in [6.07, 6.45) is 3.36. The van der Waals surface area contributed by atoms with Crippen LogP contribution in [0.5, 0.6) is 5.75 Å². The van der Waals surface area contributed by atoms with Crippen LogP contribution in [0.1, 0.15) is 49.9 Å². The molecule has 2 aliphatic rings. The number of aromatic nitrogens is 2. The Labute approximate surface area is 201 Å². The van der Waals surface area contributed by atoms with Gasteiger partial charge in [-0.05, 0) is 48.7 Å². The Hall–Kier alpha value is -3.75. The molecule has 0 bridgehead atoms. The van der Waals surface area contributed by atoms with E-state index in [1.165, 1.54) is 17.0 Å². The molecule has 2 fully saturated rings. The van der Waals surface area contributed by atoms with Crippen LogP contribution in [0.2, 0.25) is 0 Å². The second-order valence-electron chi connectivity index (χ2n) is 9.29. The third-order valence-electron chi connectivity index (χ3n) is 7.09. The van der Waals surface area contributed by atoms with Crippen LogP contribution in [0.3, 0.4) is 0 Å². The van der Waals surface area contributed by atoms with E-state index in [-0.39, 0.29) is 49.0 Å². The number of nitrogens with one attached hydrogen (secondary N) is 2. The smallest absolute Gasteiger partial charge is 0.241 e. The summed E-state index contributed by atoms with van der Waals surface area (Å²) < 4.78 is 18.7. The van der Waals surface area contributed by atoms with Gasteiger partial charge in [-0.2, -0.15) is 0 Å². The fourth-order valence-corrected chi connectivity index (χ4v) is 5.31. The van der Waals surface area contributed by atoms with Gasteiger partial charge in [0.05, 0.1) is 30.1 Å². The molecule has 1 unspecified atom stereocenters. The first-order valence-electron chi connectivity index (χ1n) is 11.8. The number of aromatic amines is 1. The zero-order valence-corrected chi connectivity index (χ0v) is 19.5. The Bertz CT molecular complexity index is 1280. The van der Waals surface area contributed by atoms with Crippen LogP contribution in [0.25, 0.3) is 11.0 Å². The highest BCUT2D eigenvalue weighted by Gasteiger charge is 2.55. The predicted octanol–water partition coefficient (Wildman–Crippen LogP) is 3.36. The monoisotopic (exact) mass is 478 g/mol. The fourth-order valence-electron chi connectivity index (χ4n) is 5.31. The van der Waals surface area contributed by atoms with E-state index in [0.29, 0.717) is 28.2 Å². The first-order chi connectivity index (χ1) is 16.9. The van der Waals surface area contributed by atoms with Crippen LogP contribution in [-0.4, -0.2) is 45.7 Å². The van der Waals surface area contributed by atoms with Gasteiger partial charge in [0.15, 0.2) is 0 Å². The summed E-state index contributed by atoms with van der Waals surface area (Å²) in [4.78, 5) is 48.7. The summed E-state index contributed by atoms with van der Waals surface area (Å²) >= 11 is 0. The number of halogens is 1. The number of imide groups is 1. The summed E-state index contributed by atoms with van der Waals surface area (Å²) in [6, 6.07) is 11.1. The molecule has 1 aliphatic carbocycles. The standard InChI is InChI=1S/C26H27FN4O4/c1-35-19-9-6-16(7-10-19)26(14-24(33)31(25(26)34)18-4-2-3-5-18)13-23(32)28-15-22-29-20-11-8-17(27)12-21(20)30-22/h6-12,18H,2-5,13-15H2,1H3,(H,28,32)(H,29,30). The molecule has 0 spiro atoms. The molecular formula is C26H27FN4O4. The van der Waals surface area contributed by atoms with Crippen molar-refractivity contribution in [3.8, 4) is 5.75 Å². The number of nitrogens with zero attached hydrogens (tertiary/aromatic N) is 2. The molecule has 1 saturated heterocycles. The number of hydrogen-bond acceptors (Lipinski definition) is 5. The van der Waals surface area contributed by atoms with Gasteiger partial charge in [0.2, 0.25) is 17.7 Å². The lowest BCUT2D eigenvalue weighted by Gasteiger charge is -2.29. The third-order valence-corrected chi connectivity index (χ3v) is 7.09. The first kappa shape index (κ1) is 23.0. The van der Waals surface area contributed by atoms with Crippen molar-refractivity contribution < 1.29 is 23.5 Å². The van der Waals surface area contributed by atoms with Crippen molar-refractivity contribution in [2.75, 3.05) is 7.11 Å². The van der Waals surface area contributed by atoms with Crippen molar-refractivity contribution in [1.29, 1.82) is 0 Å². The zero-order valence-electron chi connectivity index (χ0n) is 19.5. The molecule has 9 heteroatoms. The van der Waals surface area contributed by atoms with Gasteiger partial charge in [0.1, 0.15) is 17.4 Å². The minimum absolute atomic E-state index is 0.0496. The number of imidazole rings is 1. The van der Waals surface area contributed by atoms with E-state index in [1.807, 2.05) is 0 Å². The number of carbonyl (C=O) groups is 3. The number of benzene rings is 2. The molecule has 2 aromatic carbocycles. The molecule has 1 aromatic heterocycles. The third kappa shape index (κ3) is 4.26. The number of rotatable bonds is 7. The van der Waals surface area contributed by atoms with Gasteiger partial charge in [-0.3, -0.25) is 19.3 Å². The lowest BCUT2D eigenvalue weighted by molar-refractivity contribution is -0.143. The Morgan fingerprint density at radius 2 is 1.94 bits per heavy atom. The number of ether oxygens (including phenoxy) is 1. The van der Waals surface area contributed by atoms with Crippen molar-refractivity contribution in [2.45, 2.75) is 56.5 Å². The molecule has 35 heavy (non-hydrogen) atoms. The lowest BCUT2D eigenvalue weighted by atomic mass is 9.75. The van der Waals surface area contributed by atoms with Crippen LogP contribution in [-0.2, 0) is 26.3 Å². The van der Waals surface area contributed by atoms with E-state index >= 15 is 0 Å². The molecule has 2 heterocycles. The quantitative estimate of drug-likeness (QED) is 0.507. The molecule has 3 aromatic rings. The van der Waals surface area contributed by atoms with Crippen molar-refractivity contribution >= 4 is 28.8 Å². The van der Waals surface area contributed by atoms with Crippen LogP contribution in [0, 0.1) is 5.82 Å². The average Bonchev–Trinajstić information content (AvgIpc) is 3.56. The second-order valence-corrected chi connectivity index (χ2v) is 9.29. The van der Waals surface area contributed by atoms with Gasteiger partial charge >= 0.3 is 0 Å². The van der Waals surface area contributed by atoms with Crippen molar-refractivity contribution in [1.82, 2.24) is 20.2 Å². The number of hydrogen-bond donors (Lipinski definition) is 2. The predicted molar refractivity (Wildman–Crippen MR) is 126 cm³/mol. The maximum Gasteiger partial charge on any atom is 0.241 e. The molecule has 1 aliphatic heterocycles. The topological polar surface area (TPSA) is 104 Å². The summed E-state index contributed by atoms with van der Waals surface area (Å²) in [5, 5.41) is 2.81. The van der Waals surface area contributed by atoms with Gasteiger partial charge in [0, 0.05) is 18.9 Å². The van der Waals surface area contributed by atoms with Crippen LogP contribution in [0.4, 0.5) is 4.39 Å². The molecule has 0 radical (unpaired) electrons. The van der Waals surface area contributed by atoms with Gasteiger partial charge in [-0.15, -0.1) is 0 Å². The van der Waals surface area contributed by atoms with Crippen LogP contribution in [0.15, 0.2) is 42.5 Å². The molecule has 182 valence electrons. The summed E-state index contributed by atoms with van der Waals surface area (Å²) in [5.41, 5.74) is 0.473. The maximum atomic E-state index is 13.8. The van der Waals surface area contributed by atoms with Crippen molar-refractivity contribution in [3.05, 3.63) is 59.7 Å². The Morgan fingerprint density at radius 1 is 1.20 bits per heavy atom. The number of H-pyrrole nitrogens is 1. The van der Waals surface area contributed by atoms with E-state index in [4.69, 9.17) is 4.74 Å². The average molecular weight is 479 g/mol. The minimum atomic E-state index is -1.27. The van der Waals surface area contributed by atoms with Gasteiger partial charge in [-0.1, -0.05) is 25.0 Å². The molecule has 1 saturated carbocycles. The van der Waals surface area contributed by atoms with Gasteiger partial charge < -0.3 is 15.0 Å². The highest BCUT2D eigenvalue weighted by atomic mass is 19.1. The molecule has 1 atom stereocenters. The largest absolute Gasteiger partial charge is 0.497 e. The second kappa shape index (κ2) is 9.13. The summed E-state index contributed by atoms with van der Waals surface area (Å²) in [5.74, 6) is -0.201. The maximum absolute atomic E-state index is 13.8. The zero-order chi connectivity index (χ0) is 24.6. The first-order valence-corrected chi connectivity index (χ1v) is 11.8. The molecule has 5 rings (SSSR count). The van der Waals surface area contributed by atoms with Crippen molar-refractivity contribution in [3.63, 3.8) is 0 Å². The Balaban J connectivity index is 1.38. The van der Waals surface area contributed by atoms with E-state index in [2.05, 4.69) is 15.3 Å². The van der Waals surface area contributed by atoms with E-state index < -0.39 is 5.41 Å². The van der Waals surface area contributed by atoms with Crippen LogP contribution >= 0.6 is 0 Å². The Morgan fingerprint density at radius 3 is 2.66 bits per heavy atom. The van der Waals surface area contributed by atoms with Gasteiger partial charge in [0.25, 0.3) is 0 Å². The van der Waals surface area contributed by atoms with Crippen LogP contribution < -0.4 is 10.1 Å². The minimum Gasteiger partial charge on any atom is -0.497 e. The van der Waals surface area contributed by atoms with E-state index in [0.717, 1.165) is 25.7 Å². The number of methoxy groups -OCH3 is 1. The fraction of sp³-hybridized carbons (Fsp3) is 0.385. The number of likely N-dealkylation sites (tertiary alicyclic amines) is 1. The number of carbonyl (C=O) groups excluding carboxylic acids is 3.